The average Bonchev–Trinajstić information content (AvgIpc) is 2.92. The average molecular weight is 294 g/mol. The summed E-state index contributed by atoms with van der Waals surface area (Å²) in [6.45, 7) is 1.86. The molecule has 6 heteroatoms. The number of halogens is 2. The van der Waals surface area contributed by atoms with E-state index >= 15 is 0 Å². The van der Waals surface area contributed by atoms with Crippen LogP contribution in [-0.2, 0) is 13.0 Å². The van der Waals surface area contributed by atoms with Crippen molar-refractivity contribution in [3.05, 3.63) is 59.1 Å². The topological polar surface area (TPSA) is 68.3 Å². The monoisotopic (exact) mass is 294 g/mol. The van der Waals surface area contributed by atoms with Gasteiger partial charge in [-0.15, -0.1) is 0 Å². The minimum atomic E-state index is -0.625. The van der Waals surface area contributed by atoms with E-state index in [4.69, 9.17) is 10.2 Å². The second-order valence-electron chi connectivity index (χ2n) is 4.75. The molecule has 1 aromatic heterocycles. The van der Waals surface area contributed by atoms with Crippen molar-refractivity contribution >= 4 is 5.91 Å². The summed E-state index contributed by atoms with van der Waals surface area (Å²) >= 11 is 0. The summed E-state index contributed by atoms with van der Waals surface area (Å²) in [5.74, 6) is -1.08. The van der Waals surface area contributed by atoms with Gasteiger partial charge in [0.05, 0.1) is 6.54 Å². The summed E-state index contributed by atoms with van der Waals surface area (Å²) in [6.07, 6.45) is 0.0503. The van der Waals surface area contributed by atoms with Gasteiger partial charge in [0.1, 0.15) is 17.4 Å². The predicted octanol–water partition coefficient (Wildman–Crippen LogP) is 2.38. The molecule has 112 valence electrons. The van der Waals surface area contributed by atoms with Crippen molar-refractivity contribution in [3.8, 4) is 0 Å². The number of furan rings is 1. The maximum atomic E-state index is 13.5. The molecule has 4 nitrogen and oxygen atoms in total. The summed E-state index contributed by atoms with van der Waals surface area (Å²) < 4.78 is 32.3. The molecular weight excluding hydrogens is 278 g/mol. The summed E-state index contributed by atoms with van der Waals surface area (Å²) in [7, 11) is 0. The normalized spacial score (nSPS) is 12.2. The van der Waals surface area contributed by atoms with Gasteiger partial charge in [-0.1, -0.05) is 6.07 Å². The lowest BCUT2D eigenvalue weighted by Crippen LogP contribution is -2.34. The van der Waals surface area contributed by atoms with Crippen LogP contribution in [0.5, 0.6) is 0 Å². The zero-order chi connectivity index (χ0) is 15.4. The first-order valence-electron chi connectivity index (χ1n) is 6.53. The summed E-state index contributed by atoms with van der Waals surface area (Å²) in [5, 5.41) is 2.63. The standard InChI is InChI=1S/C15H16F2N2O2/c1-9(7-11-12(16)3-2-4-13(11)17)19-15(20)14-6-5-10(8-18)21-14/h2-6,9H,7-8,18H2,1H3,(H,19,20). The van der Waals surface area contributed by atoms with Gasteiger partial charge in [-0.25, -0.2) is 8.78 Å². The van der Waals surface area contributed by atoms with Gasteiger partial charge in [0, 0.05) is 11.6 Å². The van der Waals surface area contributed by atoms with Crippen LogP contribution in [0.2, 0.25) is 0 Å². The van der Waals surface area contributed by atoms with Gasteiger partial charge in [-0.05, 0) is 37.6 Å². The summed E-state index contributed by atoms with van der Waals surface area (Å²) in [5.41, 5.74) is 5.34. The van der Waals surface area contributed by atoms with Gasteiger partial charge >= 0.3 is 0 Å². The van der Waals surface area contributed by atoms with Crippen LogP contribution in [0.1, 0.15) is 28.8 Å². The van der Waals surface area contributed by atoms with Crippen molar-refractivity contribution in [2.24, 2.45) is 5.73 Å². The van der Waals surface area contributed by atoms with E-state index in [0.29, 0.717) is 5.76 Å². The van der Waals surface area contributed by atoms with Gasteiger partial charge in [-0.3, -0.25) is 4.79 Å². The molecule has 2 aromatic rings. The van der Waals surface area contributed by atoms with Crippen molar-refractivity contribution < 1.29 is 18.0 Å². The fourth-order valence-electron chi connectivity index (χ4n) is 1.99. The number of nitrogens with one attached hydrogen (secondary N) is 1. The van der Waals surface area contributed by atoms with Gasteiger partial charge in [0.2, 0.25) is 0 Å². The number of carbonyl (C=O) groups excluding carboxylic acids is 1. The van der Waals surface area contributed by atoms with E-state index in [1.54, 1.807) is 13.0 Å². The molecule has 0 saturated heterocycles. The first-order chi connectivity index (χ1) is 10.0. The molecule has 1 unspecified atom stereocenters. The maximum Gasteiger partial charge on any atom is 0.287 e. The van der Waals surface area contributed by atoms with E-state index in [2.05, 4.69) is 5.32 Å². The lowest BCUT2D eigenvalue weighted by molar-refractivity contribution is 0.0910. The van der Waals surface area contributed by atoms with Crippen LogP contribution < -0.4 is 11.1 Å². The first-order valence-corrected chi connectivity index (χ1v) is 6.53. The number of nitrogens with two attached hydrogens (primary N) is 1. The first kappa shape index (κ1) is 15.2. The summed E-state index contributed by atoms with van der Waals surface area (Å²) in [4.78, 5) is 11.9. The third-order valence-electron chi connectivity index (χ3n) is 3.04. The van der Waals surface area contributed by atoms with Crippen molar-refractivity contribution in [2.45, 2.75) is 25.9 Å². The molecule has 2 rings (SSSR count). The minimum absolute atomic E-state index is 0.0487. The van der Waals surface area contributed by atoms with Crippen molar-refractivity contribution in [1.29, 1.82) is 0 Å². The fraction of sp³-hybridized carbons (Fsp3) is 0.267. The Hall–Kier alpha value is -2.21. The number of rotatable bonds is 5. The van der Waals surface area contributed by atoms with Gasteiger partial charge in [0.15, 0.2) is 5.76 Å². The summed E-state index contributed by atoms with van der Waals surface area (Å²) in [6, 6.07) is 6.34. The maximum absolute atomic E-state index is 13.5. The molecule has 0 bridgehead atoms. The Bertz CT molecular complexity index is 620. The van der Waals surface area contributed by atoms with Gasteiger partial charge < -0.3 is 15.5 Å². The molecule has 1 amide bonds. The highest BCUT2D eigenvalue weighted by molar-refractivity contribution is 5.91. The Morgan fingerprint density at radius 1 is 1.29 bits per heavy atom. The highest BCUT2D eigenvalue weighted by Gasteiger charge is 2.17. The Kier molecular flexibility index (Phi) is 4.70. The Morgan fingerprint density at radius 2 is 1.95 bits per heavy atom. The Balaban J connectivity index is 2.01. The number of benzene rings is 1. The van der Waals surface area contributed by atoms with E-state index in [-0.39, 0.29) is 24.3 Å². The van der Waals surface area contributed by atoms with E-state index in [0.717, 1.165) is 0 Å². The van der Waals surface area contributed by atoms with E-state index in [1.165, 1.54) is 24.3 Å². The van der Waals surface area contributed by atoms with Gasteiger partial charge in [-0.2, -0.15) is 0 Å². The van der Waals surface area contributed by atoms with Crippen LogP contribution in [-0.4, -0.2) is 11.9 Å². The molecule has 0 aliphatic rings. The smallest absolute Gasteiger partial charge is 0.287 e. The number of amides is 1. The van der Waals surface area contributed by atoms with Crippen LogP contribution in [0.25, 0.3) is 0 Å². The number of hydrogen-bond donors (Lipinski definition) is 2. The lowest BCUT2D eigenvalue weighted by Gasteiger charge is -2.14. The van der Waals surface area contributed by atoms with Crippen LogP contribution in [0, 0.1) is 11.6 Å². The third kappa shape index (κ3) is 3.66. The van der Waals surface area contributed by atoms with E-state index in [9.17, 15) is 13.6 Å². The molecule has 0 aliphatic carbocycles. The molecule has 0 spiro atoms. The predicted molar refractivity (Wildman–Crippen MR) is 73.6 cm³/mol. The van der Waals surface area contributed by atoms with Crippen molar-refractivity contribution in [2.75, 3.05) is 0 Å². The molecule has 3 N–H and O–H groups in total. The number of carbonyl (C=O) groups is 1. The molecule has 0 radical (unpaired) electrons. The van der Waals surface area contributed by atoms with E-state index < -0.39 is 23.6 Å². The minimum Gasteiger partial charge on any atom is -0.455 e. The molecular formula is C15H16F2N2O2. The molecule has 1 heterocycles. The van der Waals surface area contributed by atoms with Crippen molar-refractivity contribution in [1.82, 2.24) is 5.32 Å². The second kappa shape index (κ2) is 6.49. The van der Waals surface area contributed by atoms with Crippen LogP contribution in [0.15, 0.2) is 34.7 Å². The zero-order valence-corrected chi connectivity index (χ0v) is 11.5. The van der Waals surface area contributed by atoms with E-state index in [1.807, 2.05) is 0 Å². The molecule has 1 atom stereocenters. The molecule has 21 heavy (non-hydrogen) atoms. The zero-order valence-electron chi connectivity index (χ0n) is 11.5. The SMILES string of the molecule is CC(Cc1c(F)cccc1F)NC(=O)c1ccc(CN)o1. The Morgan fingerprint density at radius 3 is 2.52 bits per heavy atom. The van der Waals surface area contributed by atoms with Crippen LogP contribution >= 0.6 is 0 Å². The Labute approximate surface area is 120 Å². The second-order valence-corrected chi connectivity index (χ2v) is 4.75. The quantitative estimate of drug-likeness (QED) is 0.889. The molecule has 0 aliphatic heterocycles. The third-order valence-corrected chi connectivity index (χ3v) is 3.04. The highest BCUT2D eigenvalue weighted by Crippen LogP contribution is 2.14. The lowest BCUT2D eigenvalue weighted by atomic mass is 10.1. The fourth-order valence-corrected chi connectivity index (χ4v) is 1.99. The largest absolute Gasteiger partial charge is 0.455 e. The molecule has 0 fully saturated rings. The van der Waals surface area contributed by atoms with Crippen LogP contribution in [0.3, 0.4) is 0 Å². The van der Waals surface area contributed by atoms with Gasteiger partial charge in [0.25, 0.3) is 5.91 Å². The van der Waals surface area contributed by atoms with Crippen LogP contribution in [0.4, 0.5) is 8.78 Å². The molecule has 1 aromatic carbocycles. The molecule has 0 saturated carbocycles. The number of hydrogen-bond acceptors (Lipinski definition) is 3. The highest BCUT2D eigenvalue weighted by atomic mass is 19.1. The van der Waals surface area contributed by atoms with Crippen molar-refractivity contribution in [3.63, 3.8) is 0 Å².